The average molecular weight is 364 g/mol. The molecule has 140 valence electrons. The first-order valence-electron chi connectivity index (χ1n) is 9.84. The molecule has 0 spiro atoms. The minimum atomic E-state index is 0.717. The average Bonchev–Trinajstić information content (AvgIpc) is 3.20. The summed E-state index contributed by atoms with van der Waals surface area (Å²) >= 11 is 1.84. The zero-order valence-electron chi connectivity index (χ0n) is 15.8. The molecule has 1 unspecified atom stereocenters. The van der Waals surface area contributed by atoms with Gasteiger partial charge >= 0.3 is 0 Å². The second-order valence-electron chi connectivity index (χ2n) is 7.02. The topological polar surface area (TPSA) is 34.1 Å². The number of nitrogens with one attached hydrogen (secondary N) is 1. The Morgan fingerprint density at radius 2 is 2.08 bits per heavy atom. The Hall–Kier alpha value is -1.27. The quantitative estimate of drug-likeness (QED) is 0.644. The molecule has 1 aromatic rings. The van der Waals surface area contributed by atoms with E-state index in [1.807, 2.05) is 11.3 Å². The van der Waals surface area contributed by atoms with Crippen molar-refractivity contribution in [1.82, 2.24) is 15.1 Å². The lowest BCUT2D eigenvalue weighted by atomic mass is 9.98. The van der Waals surface area contributed by atoms with Crippen molar-refractivity contribution in [2.45, 2.75) is 26.7 Å². The van der Waals surface area contributed by atoms with Crippen molar-refractivity contribution in [3.8, 4) is 0 Å². The maximum Gasteiger partial charge on any atom is 0.194 e. The molecular weight excluding hydrogens is 330 g/mol. The van der Waals surface area contributed by atoms with Crippen LogP contribution in [-0.4, -0.2) is 74.7 Å². The summed E-state index contributed by atoms with van der Waals surface area (Å²) in [5.41, 5.74) is 0. The third kappa shape index (κ3) is 5.11. The molecule has 5 nitrogen and oxygen atoms in total. The van der Waals surface area contributed by atoms with Crippen LogP contribution in [0.1, 0.15) is 26.7 Å². The highest BCUT2D eigenvalue weighted by Crippen LogP contribution is 2.22. The van der Waals surface area contributed by atoms with Gasteiger partial charge in [0.1, 0.15) is 0 Å². The molecule has 2 fully saturated rings. The third-order valence-electron chi connectivity index (χ3n) is 5.28. The van der Waals surface area contributed by atoms with Gasteiger partial charge in [0.2, 0.25) is 0 Å². The van der Waals surface area contributed by atoms with E-state index in [1.165, 1.54) is 37.5 Å². The summed E-state index contributed by atoms with van der Waals surface area (Å²) < 4.78 is 0. The SMILES string of the molecule is CCNC(=NCC1CCCN(CC)C1)N1CCN(c2cccs2)CC1. The van der Waals surface area contributed by atoms with Gasteiger partial charge < -0.3 is 20.0 Å². The highest BCUT2D eigenvalue weighted by Gasteiger charge is 2.22. The summed E-state index contributed by atoms with van der Waals surface area (Å²) in [6, 6.07) is 4.36. The Bertz CT molecular complexity index is 522. The number of piperazine rings is 1. The highest BCUT2D eigenvalue weighted by molar-refractivity contribution is 7.14. The number of aliphatic imine (C=N–C) groups is 1. The van der Waals surface area contributed by atoms with Crippen LogP contribution in [0.5, 0.6) is 0 Å². The van der Waals surface area contributed by atoms with Crippen LogP contribution in [0.4, 0.5) is 5.00 Å². The fraction of sp³-hybridized carbons (Fsp3) is 0.737. The summed E-state index contributed by atoms with van der Waals surface area (Å²) in [5, 5.41) is 7.07. The molecule has 0 aliphatic carbocycles. The van der Waals surface area contributed by atoms with E-state index in [1.54, 1.807) is 0 Å². The highest BCUT2D eigenvalue weighted by atomic mass is 32.1. The standard InChI is InChI=1S/C19H33N5S/c1-3-20-19(21-15-17-7-5-9-22(4-2)16-17)24-12-10-23(11-13-24)18-8-6-14-25-18/h6,8,14,17H,3-5,7,9-13,15-16H2,1-2H3,(H,20,21). The number of rotatable bonds is 5. The summed E-state index contributed by atoms with van der Waals surface area (Å²) in [5.74, 6) is 1.83. The van der Waals surface area contributed by atoms with Gasteiger partial charge in [0.15, 0.2) is 5.96 Å². The third-order valence-corrected chi connectivity index (χ3v) is 6.21. The monoisotopic (exact) mass is 363 g/mol. The normalized spacial score (nSPS) is 23.1. The van der Waals surface area contributed by atoms with Gasteiger partial charge in [0.25, 0.3) is 0 Å². The van der Waals surface area contributed by atoms with E-state index < -0.39 is 0 Å². The molecule has 0 radical (unpaired) electrons. The Morgan fingerprint density at radius 1 is 1.24 bits per heavy atom. The summed E-state index contributed by atoms with van der Waals surface area (Å²) in [6.07, 6.45) is 2.65. The van der Waals surface area contributed by atoms with Crippen LogP contribution < -0.4 is 10.2 Å². The van der Waals surface area contributed by atoms with Crippen LogP contribution in [-0.2, 0) is 0 Å². The van der Waals surface area contributed by atoms with E-state index in [4.69, 9.17) is 4.99 Å². The van der Waals surface area contributed by atoms with Crippen LogP contribution in [0.25, 0.3) is 0 Å². The fourth-order valence-electron chi connectivity index (χ4n) is 3.82. The van der Waals surface area contributed by atoms with E-state index in [9.17, 15) is 0 Å². The van der Waals surface area contributed by atoms with Crippen molar-refractivity contribution in [3.05, 3.63) is 17.5 Å². The smallest absolute Gasteiger partial charge is 0.194 e. The van der Waals surface area contributed by atoms with Gasteiger partial charge in [0, 0.05) is 45.8 Å². The largest absolute Gasteiger partial charge is 0.360 e. The first kappa shape index (κ1) is 18.5. The molecule has 25 heavy (non-hydrogen) atoms. The predicted octanol–water partition coefficient (Wildman–Crippen LogP) is 2.57. The Labute approximate surface area is 156 Å². The lowest BCUT2D eigenvalue weighted by Gasteiger charge is -2.37. The Kier molecular flexibility index (Phi) is 6.99. The van der Waals surface area contributed by atoms with E-state index in [0.717, 1.165) is 51.1 Å². The van der Waals surface area contributed by atoms with Gasteiger partial charge in [0.05, 0.1) is 5.00 Å². The number of hydrogen-bond donors (Lipinski definition) is 1. The number of guanidine groups is 1. The summed E-state index contributed by atoms with van der Waals surface area (Å²) in [7, 11) is 0. The van der Waals surface area contributed by atoms with Gasteiger partial charge in [-0.2, -0.15) is 0 Å². The van der Waals surface area contributed by atoms with Crippen molar-refractivity contribution >= 4 is 22.3 Å². The van der Waals surface area contributed by atoms with Crippen molar-refractivity contribution in [2.75, 3.05) is 63.8 Å². The zero-order chi connectivity index (χ0) is 17.5. The fourth-order valence-corrected chi connectivity index (χ4v) is 4.60. The maximum atomic E-state index is 5.01. The second-order valence-corrected chi connectivity index (χ2v) is 7.95. The second kappa shape index (κ2) is 9.43. The van der Waals surface area contributed by atoms with Crippen molar-refractivity contribution in [1.29, 1.82) is 0 Å². The lowest BCUT2D eigenvalue weighted by Crippen LogP contribution is -2.52. The van der Waals surface area contributed by atoms with Gasteiger partial charge in [-0.25, -0.2) is 0 Å². The number of nitrogens with zero attached hydrogens (tertiary/aromatic N) is 4. The van der Waals surface area contributed by atoms with Gasteiger partial charge in [-0.15, -0.1) is 11.3 Å². The molecule has 3 rings (SSSR count). The van der Waals surface area contributed by atoms with Crippen LogP contribution in [0.3, 0.4) is 0 Å². The molecule has 0 aromatic carbocycles. The van der Waals surface area contributed by atoms with E-state index in [0.29, 0.717) is 0 Å². The molecule has 0 saturated carbocycles. The molecular formula is C19H33N5S. The minimum absolute atomic E-state index is 0.717. The van der Waals surface area contributed by atoms with Gasteiger partial charge in [-0.1, -0.05) is 6.92 Å². The predicted molar refractivity (Wildman–Crippen MR) is 109 cm³/mol. The lowest BCUT2D eigenvalue weighted by molar-refractivity contribution is 0.186. The molecule has 6 heteroatoms. The molecule has 3 heterocycles. The number of anilines is 1. The summed E-state index contributed by atoms with van der Waals surface area (Å²) in [4.78, 5) is 12.5. The molecule has 1 atom stereocenters. The van der Waals surface area contributed by atoms with Crippen molar-refractivity contribution in [2.24, 2.45) is 10.9 Å². The molecule has 1 aromatic heterocycles. The van der Waals surface area contributed by atoms with Crippen LogP contribution in [0, 0.1) is 5.92 Å². The van der Waals surface area contributed by atoms with Crippen molar-refractivity contribution < 1.29 is 0 Å². The zero-order valence-corrected chi connectivity index (χ0v) is 16.6. The minimum Gasteiger partial charge on any atom is -0.360 e. The van der Waals surface area contributed by atoms with E-state index in [2.05, 4.69) is 51.4 Å². The number of likely N-dealkylation sites (tertiary alicyclic amines) is 1. The van der Waals surface area contributed by atoms with Crippen molar-refractivity contribution in [3.63, 3.8) is 0 Å². The molecule has 0 bridgehead atoms. The first-order chi connectivity index (χ1) is 12.3. The Morgan fingerprint density at radius 3 is 2.76 bits per heavy atom. The summed E-state index contributed by atoms with van der Waals surface area (Å²) in [6.45, 7) is 14.2. The van der Waals surface area contributed by atoms with Gasteiger partial charge in [-0.05, 0) is 56.3 Å². The van der Waals surface area contributed by atoms with Crippen LogP contribution in [0.15, 0.2) is 22.5 Å². The van der Waals surface area contributed by atoms with Crippen LogP contribution >= 0.6 is 11.3 Å². The molecule has 2 aliphatic rings. The Balaban J connectivity index is 1.54. The number of hydrogen-bond acceptors (Lipinski definition) is 4. The van der Waals surface area contributed by atoms with E-state index >= 15 is 0 Å². The van der Waals surface area contributed by atoms with E-state index in [-0.39, 0.29) is 0 Å². The molecule has 1 N–H and O–H groups in total. The molecule has 0 amide bonds. The molecule has 2 aliphatic heterocycles. The maximum absolute atomic E-state index is 5.01. The number of thiophene rings is 1. The van der Waals surface area contributed by atoms with Crippen LogP contribution in [0.2, 0.25) is 0 Å². The first-order valence-corrected chi connectivity index (χ1v) is 10.7. The molecule has 2 saturated heterocycles. The van der Waals surface area contributed by atoms with Gasteiger partial charge in [-0.3, -0.25) is 4.99 Å². The number of piperidine rings is 1.